The summed E-state index contributed by atoms with van der Waals surface area (Å²) in [7, 11) is 0. The molecule has 2 unspecified atom stereocenters. The maximum atomic E-state index is 11.5. The van der Waals surface area contributed by atoms with Crippen LogP contribution in [0.2, 0.25) is 0 Å². The van der Waals surface area contributed by atoms with Crippen molar-refractivity contribution in [3.8, 4) is 0 Å². The number of urea groups is 1. The molecule has 2 amide bonds. The molecule has 0 spiro atoms. The lowest BCUT2D eigenvalue weighted by Gasteiger charge is -2.29. The summed E-state index contributed by atoms with van der Waals surface area (Å²) >= 11 is 0. The molecule has 0 saturated carbocycles. The van der Waals surface area contributed by atoms with Gasteiger partial charge >= 0.3 is 6.03 Å². The van der Waals surface area contributed by atoms with Crippen LogP contribution in [0.5, 0.6) is 0 Å². The molecule has 0 aliphatic carbocycles. The zero-order valence-electron chi connectivity index (χ0n) is 9.39. The lowest BCUT2D eigenvalue weighted by atomic mass is 9.95. The molecule has 0 radical (unpaired) electrons. The molecule has 4 heteroatoms. The molecule has 0 aromatic rings. The van der Waals surface area contributed by atoms with Crippen LogP contribution in [-0.2, 0) is 4.74 Å². The first kappa shape index (κ1) is 11.3. The predicted molar refractivity (Wildman–Crippen MR) is 55.2 cm³/mol. The number of amides is 2. The van der Waals surface area contributed by atoms with E-state index in [1.807, 2.05) is 27.7 Å². The Labute approximate surface area is 85.4 Å². The second-order valence-corrected chi connectivity index (χ2v) is 4.43. The van der Waals surface area contributed by atoms with Crippen molar-refractivity contribution in [1.29, 1.82) is 0 Å². The smallest absolute Gasteiger partial charge is 0.315 e. The van der Waals surface area contributed by atoms with Crippen molar-refractivity contribution >= 4 is 6.03 Å². The van der Waals surface area contributed by atoms with E-state index in [-0.39, 0.29) is 23.7 Å². The molecular formula is C10H20N2O2. The van der Waals surface area contributed by atoms with Gasteiger partial charge in [-0.2, -0.15) is 0 Å². The van der Waals surface area contributed by atoms with Gasteiger partial charge in [0.2, 0.25) is 0 Å². The van der Waals surface area contributed by atoms with Crippen LogP contribution >= 0.6 is 0 Å². The summed E-state index contributed by atoms with van der Waals surface area (Å²) in [5.41, 5.74) is -0.223. The number of carbonyl (C=O) groups excluding carboxylic acids is 1. The lowest BCUT2D eigenvalue weighted by molar-refractivity contribution is 0.0910. The van der Waals surface area contributed by atoms with Crippen molar-refractivity contribution in [2.75, 3.05) is 6.61 Å². The first-order valence-electron chi connectivity index (χ1n) is 5.14. The SMILES string of the molecule is CC(C)NC(=O)NC1(C)CCOC1C. The third-order valence-electron chi connectivity index (χ3n) is 2.71. The van der Waals surface area contributed by atoms with E-state index < -0.39 is 0 Å². The summed E-state index contributed by atoms with van der Waals surface area (Å²) in [6.07, 6.45) is 0.958. The van der Waals surface area contributed by atoms with Crippen LogP contribution in [0.25, 0.3) is 0 Å². The average molecular weight is 200 g/mol. The van der Waals surface area contributed by atoms with Gasteiger partial charge in [0.1, 0.15) is 0 Å². The molecular weight excluding hydrogens is 180 g/mol. The Kier molecular flexibility index (Phi) is 3.37. The molecule has 2 atom stereocenters. The number of ether oxygens (including phenoxy) is 1. The Morgan fingerprint density at radius 2 is 2.21 bits per heavy atom. The highest BCUT2D eigenvalue weighted by Gasteiger charge is 2.38. The van der Waals surface area contributed by atoms with Crippen LogP contribution in [-0.4, -0.2) is 30.3 Å². The molecule has 1 aliphatic rings. The standard InChI is InChI=1S/C10H20N2O2/c1-7(2)11-9(13)12-10(4)5-6-14-8(10)3/h7-8H,5-6H2,1-4H3,(H2,11,12,13). The molecule has 82 valence electrons. The molecule has 1 rings (SSSR count). The van der Waals surface area contributed by atoms with E-state index in [0.717, 1.165) is 13.0 Å². The van der Waals surface area contributed by atoms with Gasteiger partial charge in [0.25, 0.3) is 0 Å². The maximum Gasteiger partial charge on any atom is 0.315 e. The molecule has 14 heavy (non-hydrogen) atoms. The third kappa shape index (κ3) is 2.61. The second kappa shape index (κ2) is 4.17. The van der Waals surface area contributed by atoms with Crippen molar-refractivity contribution in [3.63, 3.8) is 0 Å². The van der Waals surface area contributed by atoms with Gasteiger partial charge in [-0.3, -0.25) is 0 Å². The molecule has 1 saturated heterocycles. The highest BCUT2D eigenvalue weighted by atomic mass is 16.5. The van der Waals surface area contributed by atoms with E-state index in [0.29, 0.717) is 0 Å². The van der Waals surface area contributed by atoms with Crippen molar-refractivity contribution in [1.82, 2.24) is 10.6 Å². The van der Waals surface area contributed by atoms with Gasteiger partial charge < -0.3 is 15.4 Å². The third-order valence-corrected chi connectivity index (χ3v) is 2.71. The largest absolute Gasteiger partial charge is 0.376 e. The highest BCUT2D eigenvalue weighted by molar-refractivity contribution is 5.75. The van der Waals surface area contributed by atoms with Crippen LogP contribution in [0.3, 0.4) is 0 Å². The minimum atomic E-state index is -0.223. The molecule has 4 nitrogen and oxygen atoms in total. The van der Waals surface area contributed by atoms with E-state index in [2.05, 4.69) is 10.6 Å². The number of nitrogens with one attached hydrogen (secondary N) is 2. The Balaban J connectivity index is 2.46. The molecule has 0 aromatic heterocycles. The topological polar surface area (TPSA) is 50.4 Å². The normalized spacial score (nSPS) is 31.9. The fourth-order valence-corrected chi connectivity index (χ4v) is 1.56. The molecule has 2 N–H and O–H groups in total. The van der Waals surface area contributed by atoms with Crippen LogP contribution in [0.1, 0.15) is 34.1 Å². The van der Waals surface area contributed by atoms with E-state index in [9.17, 15) is 4.79 Å². The number of rotatable bonds is 2. The van der Waals surface area contributed by atoms with Gasteiger partial charge in [-0.25, -0.2) is 4.79 Å². The van der Waals surface area contributed by atoms with Crippen molar-refractivity contribution in [3.05, 3.63) is 0 Å². The van der Waals surface area contributed by atoms with Crippen molar-refractivity contribution in [2.24, 2.45) is 0 Å². The number of carbonyl (C=O) groups is 1. The van der Waals surface area contributed by atoms with Gasteiger partial charge in [-0.1, -0.05) is 0 Å². The minimum Gasteiger partial charge on any atom is -0.376 e. The summed E-state index contributed by atoms with van der Waals surface area (Å²) in [6, 6.07) is 0.0519. The van der Waals surface area contributed by atoms with E-state index in [4.69, 9.17) is 4.74 Å². The highest BCUT2D eigenvalue weighted by Crippen LogP contribution is 2.24. The quantitative estimate of drug-likeness (QED) is 0.705. The summed E-state index contributed by atoms with van der Waals surface area (Å²) < 4.78 is 5.43. The lowest BCUT2D eigenvalue weighted by Crippen LogP contribution is -2.54. The van der Waals surface area contributed by atoms with Crippen molar-refractivity contribution < 1.29 is 9.53 Å². The number of hydrogen-bond acceptors (Lipinski definition) is 2. The first-order valence-corrected chi connectivity index (χ1v) is 5.14. The predicted octanol–water partition coefficient (Wildman–Crippen LogP) is 1.26. The molecule has 0 aromatic carbocycles. The van der Waals surface area contributed by atoms with Crippen molar-refractivity contribution in [2.45, 2.75) is 51.8 Å². The molecule has 1 heterocycles. The zero-order valence-corrected chi connectivity index (χ0v) is 9.39. The van der Waals surface area contributed by atoms with Gasteiger partial charge in [-0.15, -0.1) is 0 Å². The van der Waals surface area contributed by atoms with Gasteiger partial charge in [-0.05, 0) is 34.1 Å². The molecule has 0 bridgehead atoms. The van der Waals surface area contributed by atoms with Crippen LogP contribution in [0, 0.1) is 0 Å². The van der Waals surface area contributed by atoms with Crippen LogP contribution < -0.4 is 10.6 Å². The maximum absolute atomic E-state index is 11.5. The molecule has 1 fully saturated rings. The van der Waals surface area contributed by atoms with Gasteiger partial charge in [0.15, 0.2) is 0 Å². The average Bonchev–Trinajstić information content (AvgIpc) is 2.29. The first-order chi connectivity index (χ1) is 6.44. The Morgan fingerprint density at radius 1 is 1.57 bits per heavy atom. The monoisotopic (exact) mass is 200 g/mol. The van der Waals surface area contributed by atoms with Gasteiger partial charge in [0, 0.05) is 12.6 Å². The zero-order chi connectivity index (χ0) is 10.8. The summed E-state index contributed by atoms with van der Waals surface area (Å²) in [5, 5.41) is 5.77. The van der Waals surface area contributed by atoms with Crippen LogP contribution in [0.4, 0.5) is 4.79 Å². The molecule has 1 aliphatic heterocycles. The Hall–Kier alpha value is -0.770. The summed E-state index contributed by atoms with van der Waals surface area (Å²) in [6.45, 7) is 8.61. The van der Waals surface area contributed by atoms with Crippen LogP contribution in [0.15, 0.2) is 0 Å². The van der Waals surface area contributed by atoms with Gasteiger partial charge in [0.05, 0.1) is 11.6 Å². The van der Waals surface area contributed by atoms with E-state index >= 15 is 0 Å². The summed E-state index contributed by atoms with van der Waals surface area (Å²) in [4.78, 5) is 11.5. The fraction of sp³-hybridized carbons (Fsp3) is 0.900. The number of hydrogen-bond donors (Lipinski definition) is 2. The van der Waals surface area contributed by atoms with E-state index in [1.165, 1.54) is 0 Å². The summed E-state index contributed by atoms with van der Waals surface area (Å²) in [5.74, 6) is 0. The Bertz CT molecular complexity index is 218. The minimum absolute atomic E-state index is 0.0837. The Morgan fingerprint density at radius 3 is 2.64 bits per heavy atom. The second-order valence-electron chi connectivity index (χ2n) is 4.43. The fourth-order valence-electron chi connectivity index (χ4n) is 1.56. The van der Waals surface area contributed by atoms with E-state index in [1.54, 1.807) is 0 Å².